The Kier molecular flexibility index (Phi) is 1.52. The van der Waals surface area contributed by atoms with Crippen molar-refractivity contribution in [2.45, 2.75) is 25.8 Å². The van der Waals surface area contributed by atoms with Gasteiger partial charge in [0.15, 0.2) is 0 Å². The van der Waals surface area contributed by atoms with Crippen molar-refractivity contribution in [3.8, 4) is 0 Å². The predicted octanol–water partition coefficient (Wildman–Crippen LogP) is 0.0740. The molecule has 1 aromatic heterocycles. The van der Waals surface area contributed by atoms with E-state index in [4.69, 9.17) is 0 Å². The van der Waals surface area contributed by atoms with Crippen LogP contribution in [-0.2, 0) is 13.0 Å². The third-order valence-electron chi connectivity index (χ3n) is 1.96. The largest absolute Gasteiger partial charge is 0.356 e. The first kappa shape index (κ1) is 6.97. The fourth-order valence-electron chi connectivity index (χ4n) is 1.39. The summed E-state index contributed by atoms with van der Waals surface area (Å²) in [6.45, 7) is 0.800. The lowest BCUT2D eigenvalue weighted by atomic mass is 10.2. The summed E-state index contributed by atoms with van der Waals surface area (Å²) in [6, 6.07) is 0. The van der Waals surface area contributed by atoms with E-state index < -0.39 is 0 Å². The maximum absolute atomic E-state index is 11.2. The molecule has 0 aliphatic carbocycles. The van der Waals surface area contributed by atoms with Crippen LogP contribution in [-0.4, -0.2) is 13.8 Å². The van der Waals surface area contributed by atoms with Gasteiger partial charge in [-0.2, -0.15) is 4.09 Å². The highest BCUT2D eigenvalue weighted by atomic mass is 32.1. The lowest BCUT2D eigenvalue weighted by Gasteiger charge is -2.09. The first-order valence-corrected chi connectivity index (χ1v) is 4.07. The number of fused-ring (bicyclic) bond motifs is 1. The van der Waals surface area contributed by atoms with Crippen molar-refractivity contribution in [1.29, 1.82) is 0 Å². The summed E-state index contributed by atoms with van der Waals surface area (Å²) in [7, 11) is 0. The third-order valence-corrected chi connectivity index (χ3v) is 2.22. The number of aryl methyl sites for hydroxylation is 1. The van der Waals surface area contributed by atoms with Crippen LogP contribution in [0.5, 0.6) is 0 Å². The van der Waals surface area contributed by atoms with Crippen LogP contribution in [0, 0.1) is 0 Å². The number of nitrogens with zero attached hydrogens (tertiary/aromatic N) is 3. The first-order valence-electron chi connectivity index (χ1n) is 3.67. The molecule has 0 atom stereocenters. The molecule has 0 bridgehead atoms. The summed E-state index contributed by atoms with van der Waals surface area (Å²) in [5.41, 5.74) is -0.108. The number of rotatable bonds is 0. The van der Waals surface area contributed by atoms with Gasteiger partial charge in [0, 0.05) is 13.0 Å². The highest BCUT2D eigenvalue weighted by molar-refractivity contribution is 7.78. The smallest absolute Gasteiger partial charge is 0.278 e. The maximum atomic E-state index is 11.2. The second-order valence-electron chi connectivity index (χ2n) is 2.70. The van der Waals surface area contributed by atoms with Crippen molar-refractivity contribution >= 4 is 12.8 Å². The Balaban J connectivity index is 2.59. The Morgan fingerprint density at radius 1 is 1.45 bits per heavy atom. The van der Waals surface area contributed by atoms with E-state index in [9.17, 15) is 4.79 Å². The molecule has 11 heavy (non-hydrogen) atoms. The summed E-state index contributed by atoms with van der Waals surface area (Å²) in [5, 5.41) is 3.98. The zero-order valence-corrected chi connectivity index (χ0v) is 6.92. The van der Waals surface area contributed by atoms with Crippen molar-refractivity contribution < 1.29 is 0 Å². The second kappa shape index (κ2) is 2.41. The van der Waals surface area contributed by atoms with Crippen LogP contribution in [0.25, 0.3) is 0 Å². The van der Waals surface area contributed by atoms with Crippen LogP contribution in [0.15, 0.2) is 4.79 Å². The molecule has 1 aliphatic heterocycles. The van der Waals surface area contributed by atoms with Crippen molar-refractivity contribution in [3.63, 3.8) is 0 Å². The second-order valence-corrected chi connectivity index (χ2v) is 3.08. The summed E-state index contributed by atoms with van der Waals surface area (Å²) >= 11 is 3.90. The Morgan fingerprint density at radius 2 is 2.27 bits per heavy atom. The molecule has 1 aromatic rings. The summed E-state index contributed by atoms with van der Waals surface area (Å²) < 4.78 is 2.80. The predicted molar refractivity (Wildman–Crippen MR) is 43.8 cm³/mol. The van der Waals surface area contributed by atoms with Gasteiger partial charge < -0.3 is 0 Å². The van der Waals surface area contributed by atoms with Crippen LogP contribution in [0.1, 0.15) is 18.7 Å². The van der Waals surface area contributed by atoms with Crippen LogP contribution in [0.2, 0.25) is 0 Å². The molecule has 0 unspecified atom stereocenters. The SMILES string of the molecule is O=c1n(S)nc2n1CCCC2. The fourth-order valence-corrected chi connectivity index (χ4v) is 1.60. The van der Waals surface area contributed by atoms with Gasteiger partial charge in [0.25, 0.3) is 0 Å². The Bertz CT molecular complexity index is 327. The van der Waals surface area contributed by atoms with Gasteiger partial charge in [-0.25, -0.2) is 4.79 Å². The molecule has 1 aliphatic rings. The number of thiol groups is 1. The fraction of sp³-hybridized carbons (Fsp3) is 0.667. The van der Waals surface area contributed by atoms with Crippen molar-refractivity contribution in [3.05, 3.63) is 16.3 Å². The number of hydrogen-bond acceptors (Lipinski definition) is 3. The van der Waals surface area contributed by atoms with Gasteiger partial charge in [0.1, 0.15) is 5.82 Å². The molecule has 0 radical (unpaired) electrons. The molecule has 4 nitrogen and oxygen atoms in total. The zero-order chi connectivity index (χ0) is 7.84. The molecular weight excluding hydrogens is 162 g/mol. The summed E-state index contributed by atoms with van der Waals surface area (Å²) in [6.07, 6.45) is 3.11. The average Bonchev–Trinajstić information content (AvgIpc) is 2.30. The minimum Gasteiger partial charge on any atom is -0.278 e. The van der Waals surface area contributed by atoms with Crippen molar-refractivity contribution in [2.24, 2.45) is 0 Å². The summed E-state index contributed by atoms with van der Waals surface area (Å²) in [5.74, 6) is 0.872. The zero-order valence-electron chi connectivity index (χ0n) is 6.03. The molecule has 2 rings (SSSR count). The molecule has 0 aromatic carbocycles. The number of hydrogen-bond donors (Lipinski definition) is 1. The Morgan fingerprint density at radius 3 is 3.00 bits per heavy atom. The van der Waals surface area contributed by atoms with E-state index >= 15 is 0 Å². The minimum atomic E-state index is -0.108. The Hall–Kier alpha value is -0.710. The van der Waals surface area contributed by atoms with E-state index in [1.54, 1.807) is 4.57 Å². The van der Waals surface area contributed by atoms with E-state index in [2.05, 4.69) is 17.9 Å². The Labute approximate surface area is 69.4 Å². The van der Waals surface area contributed by atoms with Crippen molar-refractivity contribution in [1.82, 2.24) is 13.8 Å². The molecule has 0 fully saturated rings. The minimum absolute atomic E-state index is 0.108. The van der Waals surface area contributed by atoms with Gasteiger partial charge in [-0.15, -0.1) is 5.10 Å². The topological polar surface area (TPSA) is 39.8 Å². The van der Waals surface area contributed by atoms with Gasteiger partial charge in [-0.05, 0) is 25.7 Å². The molecule has 0 amide bonds. The van der Waals surface area contributed by atoms with E-state index in [0.717, 1.165) is 35.7 Å². The quantitative estimate of drug-likeness (QED) is 0.561. The van der Waals surface area contributed by atoms with Crippen LogP contribution in [0.3, 0.4) is 0 Å². The lowest BCUT2D eigenvalue weighted by molar-refractivity contribution is 0.512. The van der Waals surface area contributed by atoms with E-state index in [1.165, 1.54) is 0 Å². The van der Waals surface area contributed by atoms with Gasteiger partial charge in [0.2, 0.25) is 0 Å². The summed E-state index contributed by atoms with van der Waals surface area (Å²) in [4.78, 5) is 11.2. The van der Waals surface area contributed by atoms with E-state index in [1.807, 2.05) is 0 Å². The van der Waals surface area contributed by atoms with Gasteiger partial charge in [-0.1, -0.05) is 0 Å². The first-order chi connectivity index (χ1) is 5.29. The van der Waals surface area contributed by atoms with E-state index in [0.29, 0.717) is 0 Å². The normalized spacial score (nSPS) is 16.5. The molecule has 0 saturated carbocycles. The van der Waals surface area contributed by atoms with Gasteiger partial charge in [-0.3, -0.25) is 4.57 Å². The van der Waals surface area contributed by atoms with Gasteiger partial charge in [0.05, 0.1) is 0 Å². The standard InChI is InChI=1S/C6H9N3OS/c10-6-8-4-2-1-3-5(8)7-9(6)11/h11H,1-4H2. The molecule has 0 spiro atoms. The highest BCUT2D eigenvalue weighted by Crippen LogP contribution is 2.08. The third kappa shape index (κ3) is 0.994. The molecular formula is C6H9N3OS. The maximum Gasteiger partial charge on any atom is 0.356 e. The van der Waals surface area contributed by atoms with Crippen LogP contribution in [0.4, 0.5) is 0 Å². The van der Waals surface area contributed by atoms with Crippen LogP contribution >= 0.6 is 12.8 Å². The number of aromatic nitrogens is 3. The van der Waals surface area contributed by atoms with E-state index in [-0.39, 0.29) is 5.69 Å². The van der Waals surface area contributed by atoms with Crippen LogP contribution < -0.4 is 5.69 Å². The molecule has 0 saturated heterocycles. The molecule has 60 valence electrons. The molecule has 5 heteroatoms. The molecule has 0 N–H and O–H groups in total. The molecule has 2 heterocycles. The van der Waals surface area contributed by atoms with Gasteiger partial charge >= 0.3 is 5.69 Å². The van der Waals surface area contributed by atoms with Crippen molar-refractivity contribution in [2.75, 3.05) is 0 Å². The average molecular weight is 171 g/mol. The monoisotopic (exact) mass is 171 g/mol. The lowest BCUT2D eigenvalue weighted by Crippen LogP contribution is -2.23. The highest BCUT2D eigenvalue weighted by Gasteiger charge is 2.14.